The summed E-state index contributed by atoms with van der Waals surface area (Å²) in [5.74, 6) is 0. The molecule has 4 aromatic rings. The highest BCUT2D eigenvalue weighted by molar-refractivity contribution is 5.76. The van der Waals surface area contributed by atoms with Crippen LogP contribution >= 0.6 is 0 Å². The molecule has 4 aliphatic carbocycles. The Morgan fingerprint density at radius 2 is 0.857 bits per heavy atom. The van der Waals surface area contributed by atoms with Gasteiger partial charge in [0.1, 0.15) is 0 Å². The molecule has 0 spiro atoms. The van der Waals surface area contributed by atoms with Gasteiger partial charge in [-0.3, -0.25) is 9.97 Å². The molecule has 2 aromatic heterocycles. The number of hydrogen-bond donors (Lipinski definition) is 0. The predicted octanol–water partition coefficient (Wildman–Crippen LogP) is 5.69. The van der Waals surface area contributed by atoms with Gasteiger partial charge in [-0.1, -0.05) is 36.4 Å². The SMILES string of the molecule is c1cc(-c2cc3c(-c4ccncc4)cc2CCc2ccc(cc2)CC3)ccn1. The molecule has 2 heterocycles. The summed E-state index contributed by atoms with van der Waals surface area (Å²) in [7, 11) is 0. The van der Waals surface area contributed by atoms with E-state index in [4.69, 9.17) is 0 Å². The first-order chi connectivity index (χ1) is 13.9. The Morgan fingerprint density at radius 3 is 1.25 bits per heavy atom. The molecule has 8 rings (SSSR count). The van der Waals surface area contributed by atoms with Gasteiger partial charge in [0.25, 0.3) is 0 Å². The van der Waals surface area contributed by atoms with Crippen molar-refractivity contribution in [1.82, 2.24) is 9.97 Å². The van der Waals surface area contributed by atoms with Crippen LogP contribution in [0.2, 0.25) is 0 Å². The average molecular weight is 362 g/mol. The molecule has 0 radical (unpaired) electrons. The normalized spacial score (nSPS) is 13.1. The fourth-order valence-corrected chi connectivity index (χ4v) is 4.13. The zero-order chi connectivity index (χ0) is 18.8. The van der Waals surface area contributed by atoms with E-state index in [1.165, 1.54) is 44.5 Å². The molecule has 136 valence electrons. The van der Waals surface area contributed by atoms with E-state index in [2.05, 4.69) is 70.6 Å². The highest BCUT2D eigenvalue weighted by Gasteiger charge is 2.14. The van der Waals surface area contributed by atoms with E-state index in [9.17, 15) is 0 Å². The highest BCUT2D eigenvalue weighted by atomic mass is 14.6. The molecular formula is C26H22N2. The topological polar surface area (TPSA) is 25.8 Å². The van der Waals surface area contributed by atoms with Crippen molar-refractivity contribution in [2.75, 3.05) is 0 Å². The lowest BCUT2D eigenvalue weighted by Crippen LogP contribution is -2.03. The van der Waals surface area contributed by atoms with E-state index in [0.717, 1.165) is 25.7 Å². The Hall–Kier alpha value is -3.26. The smallest absolute Gasteiger partial charge is 0.0273 e. The van der Waals surface area contributed by atoms with Gasteiger partial charge in [-0.15, -0.1) is 0 Å². The van der Waals surface area contributed by atoms with Crippen LogP contribution in [0.1, 0.15) is 22.3 Å². The van der Waals surface area contributed by atoms with Crippen LogP contribution in [0.15, 0.2) is 85.5 Å². The monoisotopic (exact) mass is 362 g/mol. The molecule has 0 atom stereocenters. The largest absolute Gasteiger partial charge is 0.265 e. The molecule has 0 amide bonds. The molecule has 0 saturated heterocycles. The number of aromatic nitrogens is 2. The first kappa shape index (κ1) is 16.9. The van der Waals surface area contributed by atoms with Crippen molar-refractivity contribution in [3.8, 4) is 22.3 Å². The molecule has 0 aliphatic heterocycles. The summed E-state index contributed by atoms with van der Waals surface area (Å²) in [4.78, 5) is 8.41. The number of aryl methyl sites for hydroxylation is 4. The number of nitrogens with zero attached hydrogens (tertiary/aromatic N) is 2. The second-order valence-electron chi connectivity index (χ2n) is 7.45. The highest BCUT2D eigenvalue weighted by Crippen LogP contribution is 2.34. The molecule has 2 heteroatoms. The zero-order valence-electron chi connectivity index (χ0n) is 15.8. The van der Waals surface area contributed by atoms with Crippen LogP contribution in [0, 0.1) is 0 Å². The Balaban J connectivity index is 1.70. The summed E-state index contributed by atoms with van der Waals surface area (Å²) < 4.78 is 0. The van der Waals surface area contributed by atoms with E-state index >= 15 is 0 Å². The Bertz CT molecular complexity index is 994. The van der Waals surface area contributed by atoms with Crippen LogP contribution in [0.5, 0.6) is 0 Å². The van der Waals surface area contributed by atoms with E-state index in [1.807, 2.05) is 24.8 Å². The van der Waals surface area contributed by atoms with E-state index < -0.39 is 0 Å². The lowest BCUT2D eigenvalue weighted by atomic mass is 9.86. The molecule has 4 bridgehead atoms. The maximum Gasteiger partial charge on any atom is 0.0273 e. The van der Waals surface area contributed by atoms with Crippen molar-refractivity contribution < 1.29 is 0 Å². The van der Waals surface area contributed by atoms with Gasteiger partial charge in [0.15, 0.2) is 0 Å². The predicted molar refractivity (Wildman–Crippen MR) is 114 cm³/mol. The van der Waals surface area contributed by atoms with Crippen LogP contribution in [-0.4, -0.2) is 9.97 Å². The van der Waals surface area contributed by atoms with Gasteiger partial charge in [-0.2, -0.15) is 0 Å². The van der Waals surface area contributed by atoms with Crippen LogP contribution < -0.4 is 0 Å². The molecule has 0 N–H and O–H groups in total. The molecule has 2 aromatic carbocycles. The first-order valence-electron chi connectivity index (χ1n) is 9.91. The van der Waals surface area contributed by atoms with Crippen LogP contribution in [0.25, 0.3) is 22.3 Å². The second kappa shape index (κ2) is 7.40. The van der Waals surface area contributed by atoms with Gasteiger partial charge in [-0.25, -0.2) is 0 Å². The van der Waals surface area contributed by atoms with Gasteiger partial charge in [0, 0.05) is 24.8 Å². The summed E-state index contributed by atoms with van der Waals surface area (Å²) in [6.45, 7) is 0. The fourth-order valence-electron chi connectivity index (χ4n) is 4.13. The number of hydrogen-bond acceptors (Lipinski definition) is 2. The molecule has 4 aliphatic rings. The summed E-state index contributed by atoms with van der Waals surface area (Å²) >= 11 is 0. The Labute approximate surface area is 165 Å². The van der Waals surface area contributed by atoms with Crippen molar-refractivity contribution in [2.45, 2.75) is 25.7 Å². The molecule has 28 heavy (non-hydrogen) atoms. The van der Waals surface area contributed by atoms with Crippen molar-refractivity contribution in [2.24, 2.45) is 0 Å². The minimum atomic E-state index is 1.02. The van der Waals surface area contributed by atoms with Gasteiger partial charge < -0.3 is 0 Å². The van der Waals surface area contributed by atoms with Crippen molar-refractivity contribution in [1.29, 1.82) is 0 Å². The molecule has 0 unspecified atom stereocenters. The van der Waals surface area contributed by atoms with E-state index in [0.29, 0.717) is 0 Å². The lowest BCUT2D eigenvalue weighted by molar-refractivity contribution is 0.925. The number of benzene rings is 2. The molecule has 2 nitrogen and oxygen atoms in total. The maximum absolute atomic E-state index is 4.21. The molecular weight excluding hydrogens is 340 g/mol. The maximum atomic E-state index is 4.21. The van der Waals surface area contributed by atoms with Crippen LogP contribution in [-0.2, 0) is 25.7 Å². The van der Waals surface area contributed by atoms with Gasteiger partial charge in [-0.05, 0) is 94.5 Å². The minimum Gasteiger partial charge on any atom is -0.265 e. The number of pyridine rings is 2. The van der Waals surface area contributed by atoms with Crippen LogP contribution in [0.3, 0.4) is 0 Å². The summed E-state index contributed by atoms with van der Waals surface area (Å²) in [5.41, 5.74) is 10.8. The summed E-state index contributed by atoms with van der Waals surface area (Å²) in [5, 5.41) is 0. The third-order valence-corrected chi connectivity index (χ3v) is 5.70. The average Bonchev–Trinajstić information content (AvgIpc) is 2.76. The van der Waals surface area contributed by atoms with Gasteiger partial charge in [0.2, 0.25) is 0 Å². The fraction of sp³-hybridized carbons (Fsp3) is 0.154. The Kier molecular flexibility index (Phi) is 4.46. The summed E-state index contributed by atoms with van der Waals surface area (Å²) in [6, 6.07) is 22.5. The van der Waals surface area contributed by atoms with Crippen molar-refractivity contribution in [3.05, 3.63) is 108 Å². The number of rotatable bonds is 2. The van der Waals surface area contributed by atoms with Crippen molar-refractivity contribution >= 4 is 0 Å². The van der Waals surface area contributed by atoms with Gasteiger partial charge in [0.05, 0.1) is 0 Å². The van der Waals surface area contributed by atoms with E-state index in [1.54, 1.807) is 0 Å². The van der Waals surface area contributed by atoms with E-state index in [-0.39, 0.29) is 0 Å². The summed E-state index contributed by atoms with van der Waals surface area (Å²) in [6.07, 6.45) is 11.7. The second-order valence-corrected chi connectivity index (χ2v) is 7.45. The third kappa shape index (κ3) is 3.34. The quantitative estimate of drug-likeness (QED) is 0.457. The first-order valence-corrected chi connectivity index (χ1v) is 9.91. The minimum absolute atomic E-state index is 1.02. The molecule has 0 saturated carbocycles. The third-order valence-electron chi connectivity index (χ3n) is 5.70. The van der Waals surface area contributed by atoms with Gasteiger partial charge >= 0.3 is 0 Å². The standard InChI is InChI=1S/C26H22N2/c1-2-20-4-3-19(1)5-7-23-17-26(22-11-15-28-16-12-22)24(8-6-20)18-25(23)21-9-13-27-14-10-21/h1-4,9-18H,5-8H2. The zero-order valence-corrected chi connectivity index (χ0v) is 15.8. The van der Waals surface area contributed by atoms with Crippen molar-refractivity contribution in [3.63, 3.8) is 0 Å². The van der Waals surface area contributed by atoms with Crippen LogP contribution in [0.4, 0.5) is 0 Å². The molecule has 0 fully saturated rings. The Morgan fingerprint density at radius 1 is 0.464 bits per heavy atom. The lowest BCUT2D eigenvalue weighted by Gasteiger charge is -2.19.